The van der Waals surface area contributed by atoms with Crippen molar-refractivity contribution in [1.82, 2.24) is 0 Å². The average molecular weight is 256 g/mol. The van der Waals surface area contributed by atoms with E-state index < -0.39 is 24.8 Å². The first kappa shape index (κ1) is 13.1. The van der Waals surface area contributed by atoms with Crippen molar-refractivity contribution in [3.63, 3.8) is 0 Å². The Labute approximate surface area is 104 Å². The van der Waals surface area contributed by atoms with Gasteiger partial charge >= 0.3 is 0 Å². The molecule has 0 radical (unpaired) electrons. The third-order valence-corrected chi connectivity index (χ3v) is 2.53. The second-order valence-electron chi connectivity index (χ2n) is 4.08. The van der Waals surface area contributed by atoms with Crippen LogP contribution in [0.5, 0.6) is 11.5 Å². The number of benzene rings is 1. The summed E-state index contributed by atoms with van der Waals surface area (Å²) in [5, 5.41) is 27.4. The van der Waals surface area contributed by atoms with Gasteiger partial charge in [0, 0.05) is 0 Å². The molecule has 0 saturated carbocycles. The van der Waals surface area contributed by atoms with Crippen LogP contribution < -0.4 is 4.74 Å². The van der Waals surface area contributed by atoms with Crippen LogP contribution in [-0.4, -0.2) is 46.7 Å². The van der Waals surface area contributed by atoms with Crippen LogP contribution >= 0.6 is 0 Å². The highest BCUT2D eigenvalue weighted by Crippen LogP contribution is 2.29. The predicted octanol–water partition coefficient (Wildman–Crippen LogP) is 0.212. The van der Waals surface area contributed by atoms with E-state index in [9.17, 15) is 5.11 Å². The Morgan fingerprint density at radius 1 is 1.28 bits per heavy atom. The van der Waals surface area contributed by atoms with Gasteiger partial charge in [-0.25, -0.2) is 0 Å². The molecule has 0 bridgehead atoms. The number of rotatable bonds is 6. The van der Waals surface area contributed by atoms with E-state index in [1.807, 2.05) is 0 Å². The Kier molecular flexibility index (Phi) is 4.03. The van der Waals surface area contributed by atoms with E-state index in [-0.39, 0.29) is 12.4 Å². The smallest absolute Gasteiger partial charge is 0.254 e. The number of aliphatic hydroxyl groups is 2. The summed E-state index contributed by atoms with van der Waals surface area (Å²) >= 11 is 0. The van der Waals surface area contributed by atoms with Crippen LogP contribution in [0.15, 0.2) is 24.3 Å². The molecule has 18 heavy (non-hydrogen) atoms. The summed E-state index contributed by atoms with van der Waals surface area (Å²) in [4.78, 5) is 0. The molecule has 1 aliphatic heterocycles. The third-order valence-electron chi connectivity index (χ3n) is 2.53. The largest absolute Gasteiger partial charge is 0.508 e. The number of hydrogen-bond acceptors (Lipinski definition) is 6. The van der Waals surface area contributed by atoms with Crippen LogP contribution in [0.3, 0.4) is 0 Å². The molecule has 2 rings (SSSR count). The topological polar surface area (TPSA) is 91.7 Å². The molecule has 6 heteroatoms. The van der Waals surface area contributed by atoms with E-state index in [1.165, 1.54) is 19.1 Å². The zero-order valence-electron chi connectivity index (χ0n) is 9.89. The van der Waals surface area contributed by atoms with Crippen LogP contribution in [0.25, 0.3) is 0 Å². The van der Waals surface area contributed by atoms with Crippen LogP contribution in [0, 0.1) is 0 Å². The van der Waals surface area contributed by atoms with Gasteiger partial charge in [0.05, 0.1) is 12.7 Å². The van der Waals surface area contributed by atoms with Gasteiger partial charge in [-0.1, -0.05) is 0 Å². The fourth-order valence-corrected chi connectivity index (χ4v) is 1.41. The Bertz CT molecular complexity index is 377. The minimum absolute atomic E-state index is 0.154. The van der Waals surface area contributed by atoms with Gasteiger partial charge in [-0.2, -0.15) is 0 Å². The molecule has 1 aromatic carbocycles. The summed E-state index contributed by atoms with van der Waals surface area (Å²) in [5.41, 5.74) is 0. The van der Waals surface area contributed by atoms with Crippen LogP contribution in [0.2, 0.25) is 0 Å². The number of phenols is 1. The number of aromatic hydroxyl groups is 1. The van der Waals surface area contributed by atoms with Crippen molar-refractivity contribution in [2.24, 2.45) is 0 Å². The van der Waals surface area contributed by atoms with Crippen molar-refractivity contribution >= 4 is 0 Å². The van der Waals surface area contributed by atoms with Gasteiger partial charge in [0.25, 0.3) is 6.29 Å². The second kappa shape index (κ2) is 5.53. The SMILES string of the molecule is CC(O)C(CO)OC1O[C@H]1Oc1ccc(O)cc1. The summed E-state index contributed by atoms with van der Waals surface area (Å²) in [6.45, 7) is 1.24. The highest BCUT2D eigenvalue weighted by atomic mass is 16.9. The van der Waals surface area contributed by atoms with Crippen molar-refractivity contribution in [3.8, 4) is 11.5 Å². The lowest BCUT2D eigenvalue weighted by Gasteiger charge is -2.16. The molecule has 1 heterocycles. The van der Waals surface area contributed by atoms with Crippen LogP contribution in [0.4, 0.5) is 0 Å². The van der Waals surface area contributed by atoms with Gasteiger partial charge < -0.3 is 29.5 Å². The van der Waals surface area contributed by atoms with Crippen molar-refractivity contribution in [1.29, 1.82) is 0 Å². The van der Waals surface area contributed by atoms with Crippen molar-refractivity contribution in [2.75, 3.05) is 6.61 Å². The number of epoxide rings is 1. The van der Waals surface area contributed by atoms with E-state index in [0.29, 0.717) is 5.75 Å². The summed E-state index contributed by atoms with van der Waals surface area (Å²) in [6, 6.07) is 6.21. The lowest BCUT2D eigenvalue weighted by Crippen LogP contribution is -2.31. The van der Waals surface area contributed by atoms with E-state index in [4.69, 9.17) is 24.4 Å². The third kappa shape index (κ3) is 3.33. The molecule has 3 N–H and O–H groups in total. The van der Waals surface area contributed by atoms with Crippen molar-refractivity contribution in [2.45, 2.75) is 31.7 Å². The first-order chi connectivity index (χ1) is 8.60. The maximum Gasteiger partial charge on any atom is 0.254 e. The molecule has 0 spiro atoms. The molecule has 1 fully saturated rings. The number of ether oxygens (including phenoxy) is 3. The molecule has 100 valence electrons. The molecule has 0 aliphatic carbocycles. The highest BCUT2D eigenvalue weighted by molar-refractivity contribution is 5.30. The molecule has 6 nitrogen and oxygen atoms in total. The summed E-state index contributed by atoms with van der Waals surface area (Å²) < 4.78 is 15.8. The van der Waals surface area contributed by atoms with E-state index >= 15 is 0 Å². The summed E-state index contributed by atoms with van der Waals surface area (Å²) in [5.74, 6) is 0.697. The van der Waals surface area contributed by atoms with Gasteiger partial charge in [0.15, 0.2) is 0 Å². The van der Waals surface area contributed by atoms with Crippen LogP contribution in [0.1, 0.15) is 6.92 Å². The minimum atomic E-state index is -0.784. The van der Waals surface area contributed by atoms with Crippen LogP contribution in [-0.2, 0) is 9.47 Å². The Balaban J connectivity index is 1.79. The lowest BCUT2D eigenvalue weighted by molar-refractivity contribution is -0.0906. The molecular weight excluding hydrogens is 240 g/mol. The zero-order valence-corrected chi connectivity index (χ0v) is 9.89. The molecule has 1 aromatic rings. The normalized spacial score (nSPS) is 25.5. The zero-order chi connectivity index (χ0) is 13.1. The predicted molar refractivity (Wildman–Crippen MR) is 61.0 cm³/mol. The Morgan fingerprint density at radius 3 is 2.50 bits per heavy atom. The van der Waals surface area contributed by atoms with Gasteiger partial charge in [-0.05, 0) is 31.2 Å². The molecule has 4 atom stereocenters. The monoisotopic (exact) mass is 256 g/mol. The van der Waals surface area contributed by atoms with E-state index in [1.54, 1.807) is 12.1 Å². The molecular formula is C12H16O6. The highest BCUT2D eigenvalue weighted by Gasteiger charge is 2.45. The maximum absolute atomic E-state index is 9.29. The molecule has 1 aliphatic rings. The number of aliphatic hydroxyl groups excluding tert-OH is 2. The summed E-state index contributed by atoms with van der Waals surface area (Å²) in [6.07, 6.45) is -2.62. The summed E-state index contributed by atoms with van der Waals surface area (Å²) in [7, 11) is 0. The second-order valence-corrected chi connectivity index (χ2v) is 4.08. The molecule has 1 saturated heterocycles. The molecule has 0 amide bonds. The van der Waals surface area contributed by atoms with Gasteiger partial charge in [-0.15, -0.1) is 0 Å². The van der Waals surface area contributed by atoms with Gasteiger partial charge in [0.2, 0.25) is 6.29 Å². The average Bonchev–Trinajstić information content (AvgIpc) is 3.07. The number of phenolic OH excluding ortho intramolecular Hbond substituents is 1. The number of hydrogen-bond donors (Lipinski definition) is 3. The Hall–Kier alpha value is -1.34. The molecule has 3 unspecified atom stereocenters. The van der Waals surface area contributed by atoms with Crippen molar-refractivity contribution < 1.29 is 29.5 Å². The first-order valence-corrected chi connectivity index (χ1v) is 5.65. The fourth-order valence-electron chi connectivity index (χ4n) is 1.41. The lowest BCUT2D eigenvalue weighted by atomic mass is 10.2. The standard InChI is InChI=1S/C12H16O6/c1-7(14)10(6-13)17-12-11(18-12)16-9-4-2-8(15)3-5-9/h2-5,7,10-15H,6H2,1H3/t7?,10?,11-,12?/m1/s1. The quantitative estimate of drug-likeness (QED) is 0.630. The Morgan fingerprint density at radius 2 is 1.94 bits per heavy atom. The van der Waals surface area contributed by atoms with E-state index in [0.717, 1.165) is 0 Å². The molecule has 0 aromatic heterocycles. The van der Waals surface area contributed by atoms with Gasteiger partial charge in [-0.3, -0.25) is 0 Å². The first-order valence-electron chi connectivity index (χ1n) is 5.65. The van der Waals surface area contributed by atoms with E-state index in [2.05, 4.69) is 0 Å². The minimum Gasteiger partial charge on any atom is -0.508 e. The fraction of sp³-hybridized carbons (Fsp3) is 0.500. The van der Waals surface area contributed by atoms with Crippen molar-refractivity contribution in [3.05, 3.63) is 24.3 Å². The van der Waals surface area contributed by atoms with Gasteiger partial charge in [0.1, 0.15) is 17.6 Å². The maximum atomic E-state index is 9.29.